The first-order valence-electron chi connectivity index (χ1n) is 6.43. The summed E-state index contributed by atoms with van der Waals surface area (Å²) in [6.45, 7) is 14.0. The van der Waals surface area contributed by atoms with Gasteiger partial charge in [-0.15, -0.1) is 0 Å². The first-order chi connectivity index (χ1) is 6.69. The van der Waals surface area contributed by atoms with Crippen molar-refractivity contribution in [3.05, 3.63) is 0 Å². The summed E-state index contributed by atoms with van der Waals surface area (Å²) >= 11 is 0. The largest absolute Gasteiger partial charge is 0.301 e. The van der Waals surface area contributed by atoms with Crippen LogP contribution in [0.2, 0.25) is 0 Å². The monoisotopic (exact) mass is 199 g/mol. The molecule has 0 aromatic rings. The molecule has 0 saturated carbocycles. The molecular formula is C13H29N. The van der Waals surface area contributed by atoms with Crippen LogP contribution in [0.25, 0.3) is 0 Å². The maximum absolute atomic E-state index is 2.64. The average Bonchev–Trinajstić information content (AvgIpc) is 2.22. The van der Waals surface area contributed by atoms with Crippen molar-refractivity contribution in [1.82, 2.24) is 4.90 Å². The highest BCUT2D eigenvalue weighted by Crippen LogP contribution is 2.17. The summed E-state index contributed by atoms with van der Waals surface area (Å²) in [5, 5.41) is 0. The van der Waals surface area contributed by atoms with Gasteiger partial charge in [0.05, 0.1) is 0 Å². The fourth-order valence-corrected chi connectivity index (χ4v) is 2.09. The summed E-state index contributed by atoms with van der Waals surface area (Å²) in [5.41, 5.74) is 0. The van der Waals surface area contributed by atoms with E-state index in [4.69, 9.17) is 0 Å². The van der Waals surface area contributed by atoms with Gasteiger partial charge in [0, 0.05) is 6.04 Å². The van der Waals surface area contributed by atoms with Gasteiger partial charge in [-0.1, -0.05) is 41.0 Å². The van der Waals surface area contributed by atoms with Crippen LogP contribution in [0.5, 0.6) is 0 Å². The second-order valence-corrected chi connectivity index (χ2v) is 4.44. The minimum atomic E-state index is 0.815. The van der Waals surface area contributed by atoms with E-state index >= 15 is 0 Å². The van der Waals surface area contributed by atoms with Gasteiger partial charge in [-0.3, -0.25) is 0 Å². The van der Waals surface area contributed by atoms with Crippen LogP contribution < -0.4 is 0 Å². The van der Waals surface area contributed by atoms with Gasteiger partial charge in [0.25, 0.3) is 0 Å². The zero-order valence-corrected chi connectivity index (χ0v) is 10.8. The smallest absolute Gasteiger partial charge is 0.00950 e. The summed E-state index contributed by atoms with van der Waals surface area (Å²) in [4.78, 5) is 2.64. The van der Waals surface area contributed by atoms with E-state index in [0.717, 1.165) is 12.0 Å². The molecule has 0 heterocycles. The Morgan fingerprint density at radius 2 is 1.64 bits per heavy atom. The lowest BCUT2D eigenvalue weighted by Gasteiger charge is -2.31. The molecular weight excluding hydrogens is 170 g/mol. The molecule has 0 aromatic heterocycles. The van der Waals surface area contributed by atoms with Crippen molar-refractivity contribution in [1.29, 1.82) is 0 Å². The van der Waals surface area contributed by atoms with Gasteiger partial charge in [-0.2, -0.15) is 0 Å². The van der Waals surface area contributed by atoms with Crippen LogP contribution in [0.4, 0.5) is 0 Å². The maximum Gasteiger partial charge on any atom is 0.00950 e. The summed E-state index contributed by atoms with van der Waals surface area (Å²) in [6, 6.07) is 0.815. The normalized spacial score (nSPS) is 15.9. The fraction of sp³-hybridized carbons (Fsp3) is 1.00. The number of hydrogen-bond acceptors (Lipinski definition) is 1. The Morgan fingerprint density at radius 3 is 2.00 bits per heavy atom. The Morgan fingerprint density at radius 1 is 1.00 bits per heavy atom. The molecule has 1 nitrogen and oxygen atoms in total. The van der Waals surface area contributed by atoms with Crippen LogP contribution in [-0.2, 0) is 0 Å². The molecule has 0 saturated heterocycles. The first-order valence-corrected chi connectivity index (χ1v) is 6.43. The molecule has 0 aromatic carbocycles. The Balaban J connectivity index is 4.06. The van der Waals surface area contributed by atoms with Crippen molar-refractivity contribution in [3.8, 4) is 0 Å². The predicted octanol–water partition coefficient (Wildman–Crippen LogP) is 3.93. The standard InChI is InChI=1S/C13H29N/c1-6-10-14(9-4)13(8-3)11-12(5)7-2/h12-13H,6-11H2,1-5H3. The van der Waals surface area contributed by atoms with Gasteiger partial charge in [0.1, 0.15) is 0 Å². The SMILES string of the molecule is CCCN(CC)C(CC)CC(C)CC. The van der Waals surface area contributed by atoms with Gasteiger partial charge in [0.2, 0.25) is 0 Å². The minimum absolute atomic E-state index is 0.815. The molecule has 0 aliphatic carbocycles. The molecule has 2 atom stereocenters. The Hall–Kier alpha value is -0.0400. The second kappa shape index (κ2) is 8.28. The Labute approximate surface area is 90.9 Å². The summed E-state index contributed by atoms with van der Waals surface area (Å²) in [5.74, 6) is 0.880. The molecule has 0 radical (unpaired) electrons. The van der Waals surface area contributed by atoms with Gasteiger partial charge < -0.3 is 4.90 Å². The van der Waals surface area contributed by atoms with E-state index in [1.54, 1.807) is 0 Å². The van der Waals surface area contributed by atoms with E-state index in [0.29, 0.717) is 0 Å². The number of hydrogen-bond donors (Lipinski definition) is 0. The Kier molecular flexibility index (Phi) is 8.26. The van der Waals surface area contributed by atoms with Crippen molar-refractivity contribution in [2.45, 2.75) is 66.3 Å². The van der Waals surface area contributed by atoms with Gasteiger partial charge in [-0.05, 0) is 38.3 Å². The summed E-state index contributed by atoms with van der Waals surface area (Å²) in [7, 11) is 0. The van der Waals surface area contributed by atoms with Crippen molar-refractivity contribution in [2.24, 2.45) is 5.92 Å². The third-order valence-corrected chi connectivity index (χ3v) is 3.28. The topological polar surface area (TPSA) is 3.24 Å². The highest BCUT2D eigenvalue weighted by molar-refractivity contribution is 4.71. The molecule has 0 aliphatic heterocycles. The molecule has 14 heavy (non-hydrogen) atoms. The van der Waals surface area contributed by atoms with E-state index < -0.39 is 0 Å². The van der Waals surface area contributed by atoms with Crippen LogP contribution in [0.15, 0.2) is 0 Å². The van der Waals surface area contributed by atoms with E-state index in [9.17, 15) is 0 Å². The summed E-state index contributed by atoms with van der Waals surface area (Å²) < 4.78 is 0. The highest BCUT2D eigenvalue weighted by atomic mass is 15.1. The van der Waals surface area contributed by atoms with Gasteiger partial charge in [-0.25, -0.2) is 0 Å². The predicted molar refractivity (Wildman–Crippen MR) is 65.7 cm³/mol. The molecule has 1 heteroatoms. The van der Waals surface area contributed by atoms with E-state index in [1.807, 2.05) is 0 Å². The lowest BCUT2D eigenvalue weighted by atomic mass is 9.96. The molecule has 0 amide bonds. The third kappa shape index (κ3) is 4.99. The molecule has 86 valence electrons. The van der Waals surface area contributed by atoms with Crippen molar-refractivity contribution >= 4 is 0 Å². The van der Waals surface area contributed by atoms with Crippen LogP contribution in [0.1, 0.15) is 60.3 Å². The molecule has 0 rings (SSSR count). The van der Waals surface area contributed by atoms with E-state index in [2.05, 4.69) is 39.5 Å². The molecule has 0 N–H and O–H groups in total. The highest BCUT2D eigenvalue weighted by Gasteiger charge is 2.16. The molecule has 0 fully saturated rings. The molecule has 0 bridgehead atoms. The van der Waals surface area contributed by atoms with Crippen molar-refractivity contribution in [2.75, 3.05) is 13.1 Å². The lowest BCUT2D eigenvalue weighted by Crippen LogP contribution is -2.36. The van der Waals surface area contributed by atoms with Gasteiger partial charge in [0.15, 0.2) is 0 Å². The van der Waals surface area contributed by atoms with Crippen LogP contribution in [0, 0.1) is 5.92 Å². The first kappa shape index (κ1) is 14.0. The molecule has 2 unspecified atom stereocenters. The van der Waals surface area contributed by atoms with Crippen molar-refractivity contribution in [3.63, 3.8) is 0 Å². The zero-order chi connectivity index (χ0) is 11.0. The minimum Gasteiger partial charge on any atom is -0.301 e. The quantitative estimate of drug-likeness (QED) is 0.572. The fourth-order valence-electron chi connectivity index (χ4n) is 2.09. The van der Waals surface area contributed by atoms with E-state index in [-0.39, 0.29) is 0 Å². The van der Waals surface area contributed by atoms with Crippen molar-refractivity contribution < 1.29 is 0 Å². The average molecular weight is 199 g/mol. The number of nitrogens with zero attached hydrogens (tertiary/aromatic N) is 1. The maximum atomic E-state index is 2.64. The zero-order valence-electron chi connectivity index (χ0n) is 10.8. The van der Waals surface area contributed by atoms with Crippen LogP contribution in [0.3, 0.4) is 0 Å². The van der Waals surface area contributed by atoms with Crippen LogP contribution in [-0.4, -0.2) is 24.0 Å². The van der Waals surface area contributed by atoms with Crippen LogP contribution >= 0.6 is 0 Å². The molecule has 0 spiro atoms. The van der Waals surface area contributed by atoms with Gasteiger partial charge >= 0.3 is 0 Å². The summed E-state index contributed by atoms with van der Waals surface area (Å²) in [6.07, 6.45) is 5.28. The Bertz CT molecular complexity index is 122. The lowest BCUT2D eigenvalue weighted by molar-refractivity contribution is 0.173. The number of rotatable bonds is 8. The second-order valence-electron chi connectivity index (χ2n) is 4.44. The van der Waals surface area contributed by atoms with E-state index in [1.165, 1.54) is 38.8 Å². The third-order valence-electron chi connectivity index (χ3n) is 3.28. The molecule has 0 aliphatic rings.